The maximum absolute atomic E-state index is 12.2. The standard InChI is InChI=1S/C13H19NO5S2/c1-8(2)21(17,18)10-7-20-9(6-15)11(10)14-12(16)19-13(3,4)5/h6-8H,1-5H3,(H,14,16). The second-order valence-electron chi connectivity index (χ2n) is 5.68. The SMILES string of the molecule is CC(C)S(=O)(=O)c1csc(C=O)c1NC(=O)OC(C)(C)C. The Morgan fingerprint density at radius 3 is 2.38 bits per heavy atom. The average molecular weight is 333 g/mol. The van der Waals surface area contributed by atoms with Crippen molar-refractivity contribution in [2.75, 3.05) is 5.32 Å². The molecule has 0 atom stereocenters. The molecule has 1 aromatic rings. The number of nitrogens with one attached hydrogen (secondary N) is 1. The quantitative estimate of drug-likeness (QED) is 0.855. The van der Waals surface area contributed by atoms with Crippen molar-refractivity contribution in [2.45, 2.75) is 50.4 Å². The summed E-state index contributed by atoms with van der Waals surface area (Å²) in [6.07, 6.45) is -0.291. The van der Waals surface area contributed by atoms with Crippen LogP contribution in [-0.2, 0) is 14.6 Å². The van der Waals surface area contributed by atoms with Gasteiger partial charge in [0.2, 0.25) is 0 Å². The molecular formula is C13H19NO5S2. The number of carbonyl (C=O) groups is 2. The molecule has 1 rings (SSSR count). The van der Waals surface area contributed by atoms with Gasteiger partial charge in [-0.3, -0.25) is 10.1 Å². The number of hydrogen-bond donors (Lipinski definition) is 1. The second-order valence-corrected chi connectivity index (χ2v) is 9.06. The molecule has 6 nitrogen and oxygen atoms in total. The molecule has 21 heavy (non-hydrogen) atoms. The third-order valence-corrected chi connectivity index (χ3v) is 5.68. The highest BCUT2D eigenvalue weighted by Crippen LogP contribution is 2.33. The monoisotopic (exact) mass is 333 g/mol. The minimum Gasteiger partial charge on any atom is -0.444 e. The first-order valence-corrected chi connectivity index (χ1v) is 8.72. The average Bonchev–Trinajstić information content (AvgIpc) is 2.69. The maximum Gasteiger partial charge on any atom is 0.412 e. The highest BCUT2D eigenvalue weighted by molar-refractivity contribution is 7.92. The van der Waals surface area contributed by atoms with E-state index >= 15 is 0 Å². The lowest BCUT2D eigenvalue weighted by atomic mass is 10.2. The molecule has 0 aliphatic carbocycles. The van der Waals surface area contributed by atoms with E-state index in [1.165, 1.54) is 19.2 Å². The summed E-state index contributed by atoms with van der Waals surface area (Å²) >= 11 is 0.963. The van der Waals surface area contributed by atoms with Crippen LogP contribution in [0.1, 0.15) is 44.3 Å². The minimum atomic E-state index is -3.60. The summed E-state index contributed by atoms with van der Waals surface area (Å²) in [6, 6.07) is 0. The summed E-state index contributed by atoms with van der Waals surface area (Å²) in [7, 11) is -3.60. The number of anilines is 1. The van der Waals surface area contributed by atoms with Crippen molar-refractivity contribution in [1.82, 2.24) is 0 Å². The fourth-order valence-electron chi connectivity index (χ4n) is 1.44. The van der Waals surface area contributed by atoms with E-state index in [2.05, 4.69) is 5.32 Å². The number of amides is 1. The number of ether oxygens (including phenoxy) is 1. The summed E-state index contributed by atoms with van der Waals surface area (Å²) in [5.41, 5.74) is -0.739. The number of hydrogen-bond acceptors (Lipinski definition) is 6. The molecule has 0 bridgehead atoms. The Kier molecular flexibility index (Phi) is 5.16. The number of thiophene rings is 1. The van der Waals surface area contributed by atoms with Gasteiger partial charge in [-0.15, -0.1) is 11.3 Å². The Balaban J connectivity index is 3.20. The number of aldehydes is 1. The molecule has 1 heterocycles. The topological polar surface area (TPSA) is 89.5 Å². The van der Waals surface area contributed by atoms with Gasteiger partial charge in [0.05, 0.1) is 15.8 Å². The summed E-state index contributed by atoms with van der Waals surface area (Å²) in [4.78, 5) is 22.9. The Hall–Kier alpha value is -1.41. The van der Waals surface area contributed by atoms with Crippen LogP contribution in [-0.4, -0.2) is 31.6 Å². The van der Waals surface area contributed by atoms with Crippen LogP contribution in [0.2, 0.25) is 0 Å². The highest BCUT2D eigenvalue weighted by Gasteiger charge is 2.28. The molecule has 1 aromatic heterocycles. The second kappa shape index (κ2) is 6.15. The largest absolute Gasteiger partial charge is 0.444 e. The van der Waals surface area contributed by atoms with Gasteiger partial charge < -0.3 is 4.74 Å². The van der Waals surface area contributed by atoms with Crippen LogP contribution in [0.4, 0.5) is 10.5 Å². The lowest BCUT2D eigenvalue weighted by molar-refractivity contribution is 0.0635. The molecule has 0 fully saturated rings. The van der Waals surface area contributed by atoms with Gasteiger partial charge >= 0.3 is 6.09 Å². The van der Waals surface area contributed by atoms with Crippen molar-refractivity contribution in [3.8, 4) is 0 Å². The third kappa shape index (κ3) is 4.28. The molecule has 8 heteroatoms. The fraction of sp³-hybridized carbons (Fsp3) is 0.538. The maximum atomic E-state index is 12.2. The van der Waals surface area contributed by atoms with Gasteiger partial charge in [-0.1, -0.05) is 0 Å². The smallest absolute Gasteiger partial charge is 0.412 e. The number of sulfone groups is 1. The van der Waals surface area contributed by atoms with Gasteiger partial charge in [0.1, 0.15) is 10.5 Å². The van der Waals surface area contributed by atoms with Gasteiger partial charge in [-0.25, -0.2) is 13.2 Å². The molecule has 0 aliphatic heterocycles. The van der Waals surface area contributed by atoms with Crippen LogP contribution >= 0.6 is 11.3 Å². The van der Waals surface area contributed by atoms with Crippen LogP contribution in [0.25, 0.3) is 0 Å². The molecular weight excluding hydrogens is 314 g/mol. The van der Waals surface area contributed by atoms with Crippen LogP contribution in [0.5, 0.6) is 0 Å². The minimum absolute atomic E-state index is 0.0158. The highest BCUT2D eigenvalue weighted by atomic mass is 32.2. The van der Waals surface area contributed by atoms with Crippen molar-refractivity contribution in [2.24, 2.45) is 0 Å². The predicted molar refractivity (Wildman–Crippen MR) is 81.9 cm³/mol. The third-order valence-electron chi connectivity index (χ3n) is 2.45. The van der Waals surface area contributed by atoms with Crippen molar-refractivity contribution in [3.05, 3.63) is 10.3 Å². The van der Waals surface area contributed by atoms with Crippen LogP contribution < -0.4 is 5.32 Å². The Labute approximate surface area is 128 Å². The molecule has 1 amide bonds. The van der Waals surface area contributed by atoms with E-state index in [-0.39, 0.29) is 15.5 Å². The van der Waals surface area contributed by atoms with E-state index in [1.54, 1.807) is 20.8 Å². The predicted octanol–water partition coefficient (Wildman–Crippen LogP) is 3.09. The normalized spacial score (nSPS) is 12.3. The first kappa shape index (κ1) is 17.6. The lowest BCUT2D eigenvalue weighted by Gasteiger charge is -2.20. The van der Waals surface area contributed by atoms with Gasteiger partial charge in [-0.05, 0) is 34.6 Å². The summed E-state index contributed by atoms with van der Waals surface area (Å²) in [6.45, 7) is 8.13. The number of carbonyl (C=O) groups excluding carboxylic acids is 2. The van der Waals surface area contributed by atoms with E-state index in [0.717, 1.165) is 11.3 Å². The van der Waals surface area contributed by atoms with Gasteiger partial charge in [0, 0.05) is 5.38 Å². The Morgan fingerprint density at radius 2 is 1.95 bits per heavy atom. The van der Waals surface area contributed by atoms with Gasteiger partial charge in [0.15, 0.2) is 16.1 Å². The molecule has 0 aromatic carbocycles. The zero-order valence-electron chi connectivity index (χ0n) is 12.6. The fourth-order valence-corrected chi connectivity index (χ4v) is 3.82. The summed E-state index contributed by atoms with van der Waals surface area (Å²) in [5.74, 6) is 0. The van der Waals surface area contributed by atoms with Crippen molar-refractivity contribution < 1.29 is 22.7 Å². The van der Waals surface area contributed by atoms with Crippen molar-refractivity contribution in [3.63, 3.8) is 0 Å². The van der Waals surface area contributed by atoms with Crippen LogP contribution in [0.3, 0.4) is 0 Å². The molecule has 0 unspecified atom stereocenters. The molecule has 0 spiro atoms. The van der Waals surface area contributed by atoms with E-state index in [4.69, 9.17) is 4.74 Å². The van der Waals surface area contributed by atoms with E-state index in [1.807, 2.05) is 0 Å². The molecule has 0 saturated heterocycles. The first-order valence-electron chi connectivity index (χ1n) is 6.29. The van der Waals surface area contributed by atoms with E-state index in [9.17, 15) is 18.0 Å². The zero-order valence-corrected chi connectivity index (χ0v) is 14.2. The summed E-state index contributed by atoms with van der Waals surface area (Å²) in [5, 5.41) is 3.06. The zero-order chi connectivity index (χ0) is 16.4. The van der Waals surface area contributed by atoms with Crippen LogP contribution in [0.15, 0.2) is 10.3 Å². The Morgan fingerprint density at radius 1 is 1.38 bits per heavy atom. The van der Waals surface area contributed by atoms with Gasteiger partial charge in [0.25, 0.3) is 0 Å². The molecule has 118 valence electrons. The first-order chi connectivity index (χ1) is 9.49. The van der Waals surface area contributed by atoms with Crippen molar-refractivity contribution >= 4 is 39.2 Å². The number of rotatable bonds is 4. The van der Waals surface area contributed by atoms with Crippen LogP contribution in [0, 0.1) is 0 Å². The molecule has 1 N–H and O–H groups in total. The van der Waals surface area contributed by atoms with Gasteiger partial charge in [-0.2, -0.15) is 0 Å². The van der Waals surface area contributed by atoms with E-state index in [0.29, 0.717) is 6.29 Å². The molecule has 0 saturated carbocycles. The summed E-state index contributed by atoms with van der Waals surface area (Å²) < 4.78 is 29.6. The molecule has 0 radical (unpaired) electrons. The molecule has 0 aliphatic rings. The Bertz CT molecular complexity index is 638. The van der Waals surface area contributed by atoms with E-state index < -0.39 is 26.8 Å². The van der Waals surface area contributed by atoms with Crippen molar-refractivity contribution in [1.29, 1.82) is 0 Å². The lowest BCUT2D eigenvalue weighted by Crippen LogP contribution is -2.28.